The molecule has 0 spiro atoms. The van der Waals surface area contributed by atoms with Crippen LogP contribution in [0, 0.1) is 0 Å². The monoisotopic (exact) mass is 491 g/mol. The van der Waals surface area contributed by atoms with E-state index in [2.05, 4.69) is 91.6 Å². The first-order chi connectivity index (χ1) is 18.0. The number of hydrogen-bond acceptors (Lipinski definition) is 3. The highest BCUT2D eigenvalue weighted by molar-refractivity contribution is 5.85. The third kappa shape index (κ3) is 5.08. The zero-order chi connectivity index (χ0) is 25.9. The summed E-state index contributed by atoms with van der Waals surface area (Å²) in [6.07, 6.45) is 8.84. The summed E-state index contributed by atoms with van der Waals surface area (Å²) >= 11 is 0. The molecule has 0 aliphatic carbocycles. The van der Waals surface area contributed by atoms with Crippen LogP contribution in [0.2, 0.25) is 0 Å². The van der Waals surface area contributed by atoms with Gasteiger partial charge in [0, 0.05) is 36.1 Å². The molecule has 5 nitrogen and oxygen atoms in total. The predicted molar refractivity (Wildman–Crippen MR) is 150 cm³/mol. The van der Waals surface area contributed by atoms with Gasteiger partial charge in [0.15, 0.2) is 0 Å². The van der Waals surface area contributed by atoms with E-state index in [9.17, 15) is 4.79 Å². The fourth-order valence-electron chi connectivity index (χ4n) is 5.34. The van der Waals surface area contributed by atoms with Gasteiger partial charge in [-0.1, -0.05) is 61.5 Å². The van der Waals surface area contributed by atoms with E-state index < -0.39 is 5.97 Å². The Hall–Kier alpha value is -4.12. The standard InChI is InChI=1S/C32H33N3O2/c1-4-23-8-14-29(15-9-23)35-22(3)18-27-19-26(28-20-33-34(5-2)21-28)13-16-30(27)32(35)25-11-6-24(7-12-25)10-17-31(36)37/h6-17,19-22,32H,4-5,18H2,1-3H3,(H,36,37)/b17-10+. The van der Waals surface area contributed by atoms with Crippen molar-refractivity contribution in [3.05, 3.63) is 113 Å². The lowest BCUT2D eigenvalue weighted by molar-refractivity contribution is -0.131. The van der Waals surface area contributed by atoms with Gasteiger partial charge < -0.3 is 10.0 Å². The number of fused-ring (bicyclic) bond motifs is 1. The van der Waals surface area contributed by atoms with E-state index in [0.717, 1.165) is 30.5 Å². The van der Waals surface area contributed by atoms with Crippen LogP contribution in [0.3, 0.4) is 0 Å². The second-order valence-electron chi connectivity index (χ2n) is 9.72. The third-order valence-corrected chi connectivity index (χ3v) is 7.31. The molecule has 0 saturated heterocycles. The Bertz CT molecular complexity index is 1420. The maximum absolute atomic E-state index is 11.0. The summed E-state index contributed by atoms with van der Waals surface area (Å²) in [4.78, 5) is 13.5. The number of aryl methyl sites for hydroxylation is 2. The SMILES string of the molecule is CCc1ccc(N2C(C)Cc3cc(-c4cnn(CC)c4)ccc3C2c2ccc(/C=C/C(=O)O)cc2)cc1. The molecule has 2 atom stereocenters. The van der Waals surface area contributed by atoms with E-state index in [0.29, 0.717) is 6.04 Å². The van der Waals surface area contributed by atoms with Crippen LogP contribution in [0.4, 0.5) is 5.69 Å². The minimum absolute atomic E-state index is 0.0520. The molecule has 2 unspecified atom stereocenters. The second kappa shape index (κ2) is 10.5. The molecule has 188 valence electrons. The largest absolute Gasteiger partial charge is 0.478 e. The summed E-state index contributed by atoms with van der Waals surface area (Å²) in [5.74, 6) is -0.943. The fourth-order valence-corrected chi connectivity index (χ4v) is 5.34. The van der Waals surface area contributed by atoms with Crippen molar-refractivity contribution in [1.82, 2.24) is 9.78 Å². The Balaban J connectivity index is 1.59. The number of carbonyl (C=O) groups is 1. The van der Waals surface area contributed by atoms with Gasteiger partial charge in [0.1, 0.15) is 0 Å². The number of aliphatic carboxylic acids is 1. The fraction of sp³-hybridized carbons (Fsp3) is 0.250. The number of hydrogen-bond donors (Lipinski definition) is 1. The number of carboxylic acid groups (broad SMARTS) is 1. The first-order valence-corrected chi connectivity index (χ1v) is 13.0. The zero-order valence-electron chi connectivity index (χ0n) is 21.6. The van der Waals surface area contributed by atoms with Crippen molar-refractivity contribution in [2.75, 3.05) is 4.90 Å². The molecule has 0 saturated carbocycles. The molecule has 0 amide bonds. The van der Waals surface area contributed by atoms with Gasteiger partial charge in [-0.2, -0.15) is 5.10 Å². The van der Waals surface area contributed by atoms with Crippen molar-refractivity contribution in [3.63, 3.8) is 0 Å². The molecule has 1 aromatic heterocycles. The lowest BCUT2D eigenvalue weighted by Gasteiger charge is -2.44. The number of carboxylic acids is 1. The van der Waals surface area contributed by atoms with Crippen LogP contribution in [0.15, 0.2) is 85.2 Å². The third-order valence-electron chi connectivity index (χ3n) is 7.31. The van der Waals surface area contributed by atoms with Crippen LogP contribution in [-0.4, -0.2) is 26.9 Å². The van der Waals surface area contributed by atoms with Crippen molar-refractivity contribution >= 4 is 17.7 Å². The Morgan fingerprint density at radius 3 is 2.43 bits per heavy atom. The Kier molecular flexibility index (Phi) is 6.95. The van der Waals surface area contributed by atoms with Crippen molar-refractivity contribution in [3.8, 4) is 11.1 Å². The summed E-state index contributed by atoms with van der Waals surface area (Å²) in [5.41, 5.74) is 9.60. The van der Waals surface area contributed by atoms with Crippen LogP contribution in [0.1, 0.15) is 54.6 Å². The first-order valence-electron chi connectivity index (χ1n) is 13.0. The van der Waals surface area contributed by atoms with Crippen molar-refractivity contribution in [1.29, 1.82) is 0 Å². The molecular weight excluding hydrogens is 458 g/mol. The summed E-state index contributed by atoms with van der Waals surface area (Å²) in [5, 5.41) is 13.5. The molecule has 5 rings (SSSR count). The van der Waals surface area contributed by atoms with Gasteiger partial charge in [-0.05, 0) is 78.3 Å². The highest BCUT2D eigenvalue weighted by Crippen LogP contribution is 2.42. The Labute approximate surface area is 218 Å². The summed E-state index contributed by atoms with van der Waals surface area (Å²) in [6.45, 7) is 7.43. The van der Waals surface area contributed by atoms with Crippen molar-refractivity contribution < 1.29 is 9.90 Å². The lowest BCUT2D eigenvalue weighted by atomic mass is 9.83. The maximum Gasteiger partial charge on any atom is 0.328 e. The molecule has 3 aromatic carbocycles. The molecule has 37 heavy (non-hydrogen) atoms. The minimum Gasteiger partial charge on any atom is -0.478 e. The van der Waals surface area contributed by atoms with E-state index in [1.807, 2.05) is 23.0 Å². The number of benzene rings is 3. The lowest BCUT2D eigenvalue weighted by Crippen LogP contribution is -2.42. The highest BCUT2D eigenvalue weighted by Gasteiger charge is 2.33. The zero-order valence-corrected chi connectivity index (χ0v) is 21.6. The molecule has 1 aliphatic rings. The smallest absolute Gasteiger partial charge is 0.328 e. The number of rotatable bonds is 7. The molecule has 0 bridgehead atoms. The molecule has 0 radical (unpaired) electrons. The highest BCUT2D eigenvalue weighted by atomic mass is 16.4. The molecule has 5 heteroatoms. The molecular formula is C32H33N3O2. The van der Waals surface area contributed by atoms with E-state index in [1.54, 1.807) is 6.08 Å². The van der Waals surface area contributed by atoms with Crippen LogP contribution in [0.5, 0.6) is 0 Å². The predicted octanol–water partition coefficient (Wildman–Crippen LogP) is 6.77. The van der Waals surface area contributed by atoms with Crippen LogP contribution in [-0.2, 0) is 24.2 Å². The number of nitrogens with zero attached hydrogens (tertiary/aromatic N) is 3. The average molecular weight is 492 g/mol. The number of aromatic nitrogens is 2. The van der Waals surface area contributed by atoms with E-state index in [1.165, 1.54) is 39.6 Å². The summed E-state index contributed by atoms with van der Waals surface area (Å²) < 4.78 is 1.96. The van der Waals surface area contributed by atoms with Gasteiger partial charge >= 0.3 is 5.97 Å². The van der Waals surface area contributed by atoms with Gasteiger partial charge in [-0.15, -0.1) is 0 Å². The van der Waals surface area contributed by atoms with E-state index >= 15 is 0 Å². The Morgan fingerprint density at radius 2 is 1.78 bits per heavy atom. The molecule has 2 heterocycles. The normalized spacial score (nSPS) is 17.2. The van der Waals surface area contributed by atoms with Gasteiger partial charge in [-0.3, -0.25) is 4.68 Å². The summed E-state index contributed by atoms with van der Waals surface area (Å²) in [6, 6.07) is 24.3. The summed E-state index contributed by atoms with van der Waals surface area (Å²) in [7, 11) is 0. The van der Waals surface area contributed by atoms with Gasteiger partial charge in [-0.25, -0.2) is 4.79 Å². The quantitative estimate of drug-likeness (QED) is 0.290. The maximum atomic E-state index is 11.0. The number of anilines is 1. The van der Waals surface area contributed by atoms with Crippen LogP contribution in [0.25, 0.3) is 17.2 Å². The molecule has 1 N–H and O–H groups in total. The Morgan fingerprint density at radius 1 is 1.03 bits per heavy atom. The van der Waals surface area contributed by atoms with Crippen molar-refractivity contribution in [2.45, 2.75) is 52.2 Å². The molecule has 1 aliphatic heterocycles. The molecule has 0 fully saturated rings. The molecule has 4 aromatic rings. The van der Waals surface area contributed by atoms with Crippen LogP contribution >= 0.6 is 0 Å². The van der Waals surface area contributed by atoms with Gasteiger partial charge in [0.05, 0.1) is 12.2 Å². The van der Waals surface area contributed by atoms with Gasteiger partial charge in [0.25, 0.3) is 0 Å². The van der Waals surface area contributed by atoms with E-state index in [4.69, 9.17) is 5.11 Å². The van der Waals surface area contributed by atoms with Crippen LogP contribution < -0.4 is 4.90 Å². The average Bonchev–Trinajstić information content (AvgIpc) is 3.41. The van der Waals surface area contributed by atoms with Crippen molar-refractivity contribution in [2.24, 2.45) is 0 Å². The second-order valence-corrected chi connectivity index (χ2v) is 9.72. The minimum atomic E-state index is -0.943. The van der Waals surface area contributed by atoms with Gasteiger partial charge in [0.2, 0.25) is 0 Å². The first kappa shape index (κ1) is 24.6. The van der Waals surface area contributed by atoms with E-state index in [-0.39, 0.29) is 6.04 Å². The topological polar surface area (TPSA) is 58.4 Å².